The molecule has 4 aliphatic carbocycles. The van der Waals surface area contributed by atoms with Gasteiger partial charge in [0.05, 0.1) is 17.8 Å². The van der Waals surface area contributed by atoms with Crippen molar-refractivity contribution >= 4 is 5.97 Å². The third-order valence-electron chi connectivity index (χ3n) is 12.3. The van der Waals surface area contributed by atoms with Crippen LogP contribution in [0.1, 0.15) is 109 Å². The van der Waals surface area contributed by atoms with Crippen LogP contribution >= 0.6 is 0 Å². The minimum absolute atomic E-state index is 0.0652. The smallest absolute Gasteiger partial charge is 0.338 e. The summed E-state index contributed by atoms with van der Waals surface area (Å²) in [5.74, 6) is 3.40. The first-order chi connectivity index (χ1) is 18.0. The number of ether oxygens (including phenoxy) is 1. The third kappa shape index (κ3) is 4.98. The molecule has 2 N–H and O–H groups in total. The van der Waals surface area contributed by atoms with Crippen molar-refractivity contribution in [1.29, 1.82) is 0 Å². The Labute approximate surface area is 230 Å². The average Bonchev–Trinajstić information content (AvgIpc) is 3.24. The number of aliphatic hydroxyl groups excluding tert-OH is 2. The first-order valence-electron chi connectivity index (χ1n) is 15.7. The van der Waals surface area contributed by atoms with Crippen LogP contribution in [-0.4, -0.2) is 34.5 Å². The van der Waals surface area contributed by atoms with Gasteiger partial charge in [-0.05, 0) is 129 Å². The van der Waals surface area contributed by atoms with Gasteiger partial charge in [-0.2, -0.15) is 0 Å². The first-order valence-corrected chi connectivity index (χ1v) is 15.7. The standard InChI is InChI=1S/C34H52O4/c1-21(2)30(38-32(37)23-9-7-6-8-10-23)14-11-22(3)26-12-13-27-31-28(16-18-34(26,27)5)33(4)17-15-25(35)19-24(33)20-29(31)36/h6-10,21-22,24-31,35-36H,11-20H2,1-5H3/t22-,24?,25+,26-,27+,28+,29-,30?,31+,33+,34-/m1/s1. The molecule has 2 unspecified atom stereocenters. The van der Waals surface area contributed by atoms with Crippen LogP contribution in [0.4, 0.5) is 0 Å². The van der Waals surface area contributed by atoms with Gasteiger partial charge in [-0.15, -0.1) is 0 Å². The second-order valence-corrected chi connectivity index (χ2v) is 14.6. The highest BCUT2D eigenvalue weighted by molar-refractivity contribution is 5.89. The van der Waals surface area contributed by atoms with Crippen LogP contribution in [0.2, 0.25) is 0 Å². The number of hydrogen-bond donors (Lipinski definition) is 2. The topological polar surface area (TPSA) is 66.8 Å². The number of rotatable bonds is 7. The van der Waals surface area contributed by atoms with Crippen LogP contribution in [0.15, 0.2) is 30.3 Å². The normalized spacial score (nSPS) is 42.1. The predicted molar refractivity (Wildman–Crippen MR) is 151 cm³/mol. The molecule has 212 valence electrons. The van der Waals surface area contributed by atoms with Gasteiger partial charge in [-0.3, -0.25) is 0 Å². The van der Waals surface area contributed by atoms with E-state index in [0.29, 0.717) is 41.1 Å². The zero-order chi connectivity index (χ0) is 27.2. The van der Waals surface area contributed by atoms with E-state index in [1.807, 2.05) is 30.3 Å². The fourth-order valence-corrected chi connectivity index (χ4v) is 10.1. The Hall–Kier alpha value is -1.39. The van der Waals surface area contributed by atoms with Crippen LogP contribution in [0.5, 0.6) is 0 Å². The molecule has 4 fully saturated rings. The predicted octanol–water partition coefficient (Wildman–Crippen LogP) is 7.27. The molecule has 4 heteroatoms. The van der Waals surface area contributed by atoms with Crippen molar-refractivity contribution in [2.24, 2.45) is 52.3 Å². The minimum atomic E-state index is -0.218. The van der Waals surface area contributed by atoms with Gasteiger partial charge in [0, 0.05) is 0 Å². The minimum Gasteiger partial charge on any atom is -0.459 e. The summed E-state index contributed by atoms with van der Waals surface area (Å²) in [4.78, 5) is 12.7. The lowest BCUT2D eigenvalue weighted by Crippen LogP contribution is -2.58. The van der Waals surface area contributed by atoms with Gasteiger partial charge in [0.15, 0.2) is 0 Å². The van der Waals surface area contributed by atoms with Crippen LogP contribution in [0, 0.1) is 52.3 Å². The Bertz CT molecular complexity index is 960. The van der Waals surface area contributed by atoms with Crippen molar-refractivity contribution < 1.29 is 19.7 Å². The molecule has 0 heterocycles. The maximum Gasteiger partial charge on any atom is 0.338 e. The Kier molecular flexibility index (Phi) is 8.06. The van der Waals surface area contributed by atoms with Crippen molar-refractivity contribution in [2.75, 3.05) is 0 Å². The molecule has 4 aliphatic rings. The molecule has 0 radical (unpaired) electrons. The Morgan fingerprint density at radius 2 is 1.61 bits per heavy atom. The van der Waals surface area contributed by atoms with E-state index < -0.39 is 0 Å². The molecule has 38 heavy (non-hydrogen) atoms. The molecule has 5 rings (SSSR count). The molecule has 4 nitrogen and oxygen atoms in total. The van der Waals surface area contributed by atoms with Gasteiger partial charge in [0.25, 0.3) is 0 Å². The van der Waals surface area contributed by atoms with Gasteiger partial charge < -0.3 is 14.9 Å². The van der Waals surface area contributed by atoms with Gasteiger partial charge >= 0.3 is 5.97 Å². The maximum atomic E-state index is 12.7. The molecule has 0 aromatic heterocycles. The molecule has 1 aromatic rings. The molecule has 4 saturated carbocycles. The zero-order valence-electron chi connectivity index (χ0n) is 24.4. The molecular weight excluding hydrogens is 472 g/mol. The summed E-state index contributed by atoms with van der Waals surface area (Å²) in [5.41, 5.74) is 1.19. The lowest BCUT2D eigenvalue weighted by atomic mass is 9.43. The monoisotopic (exact) mass is 524 g/mol. The van der Waals surface area contributed by atoms with Crippen LogP contribution in [-0.2, 0) is 4.74 Å². The van der Waals surface area contributed by atoms with E-state index in [1.54, 1.807) is 0 Å². The molecule has 11 atom stereocenters. The summed E-state index contributed by atoms with van der Waals surface area (Å²) in [5, 5.41) is 21.9. The van der Waals surface area contributed by atoms with Crippen molar-refractivity contribution in [3.05, 3.63) is 35.9 Å². The second-order valence-electron chi connectivity index (χ2n) is 14.6. The summed E-state index contributed by atoms with van der Waals surface area (Å²) in [6, 6.07) is 9.35. The summed E-state index contributed by atoms with van der Waals surface area (Å²) >= 11 is 0. The number of fused-ring (bicyclic) bond motifs is 5. The van der Waals surface area contributed by atoms with Crippen molar-refractivity contribution in [3.8, 4) is 0 Å². The molecule has 0 saturated heterocycles. The van der Waals surface area contributed by atoms with Gasteiger partial charge in [-0.1, -0.05) is 52.8 Å². The van der Waals surface area contributed by atoms with Crippen molar-refractivity contribution in [1.82, 2.24) is 0 Å². The van der Waals surface area contributed by atoms with Gasteiger partial charge in [-0.25, -0.2) is 4.79 Å². The number of esters is 1. The third-order valence-corrected chi connectivity index (χ3v) is 12.3. The van der Waals surface area contributed by atoms with E-state index in [0.717, 1.165) is 38.5 Å². The van der Waals surface area contributed by atoms with E-state index in [-0.39, 0.29) is 41.0 Å². The van der Waals surface area contributed by atoms with Crippen molar-refractivity contribution in [2.45, 2.75) is 117 Å². The molecule has 0 bridgehead atoms. The summed E-state index contributed by atoms with van der Waals surface area (Å²) < 4.78 is 6.01. The quantitative estimate of drug-likeness (QED) is 0.368. The highest BCUT2D eigenvalue weighted by Gasteiger charge is 2.62. The van der Waals surface area contributed by atoms with E-state index in [9.17, 15) is 15.0 Å². The lowest BCUT2D eigenvalue weighted by molar-refractivity contribution is -0.174. The molecule has 0 amide bonds. The summed E-state index contributed by atoms with van der Waals surface area (Å²) in [6.07, 6.45) is 10.3. The number of carbonyl (C=O) groups is 1. The number of aliphatic hydroxyl groups is 2. The summed E-state index contributed by atoms with van der Waals surface area (Å²) in [7, 11) is 0. The molecular formula is C34H52O4. The highest BCUT2D eigenvalue weighted by atomic mass is 16.5. The van der Waals surface area contributed by atoms with Crippen LogP contribution in [0.25, 0.3) is 0 Å². The first kappa shape index (κ1) is 28.1. The Balaban J connectivity index is 1.25. The molecule has 0 aliphatic heterocycles. The second kappa shape index (κ2) is 10.9. The zero-order valence-corrected chi connectivity index (χ0v) is 24.4. The highest BCUT2D eigenvalue weighted by Crippen LogP contribution is 2.68. The van der Waals surface area contributed by atoms with Gasteiger partial charge in [0.2, 0.25) is 0 Å². The molecule has 1 aromatic carbocycles. The summed E-state index contributed by atoms with van der Waals surface area (Å²) in [6.45, 7) is 11.8. The maximum absolute atomic E-state index is 12.7. The van der Waals surface area contributed by atoms with Crippen LogP contribution in [0.3, 0.4) is 0 Å². The van der Waals surface area contributed by atoms with E-state index >= 15 is 0 Å². The Morgan fingerprint density at radius 3 is 2.32 bits per heavy atom. The largest absolute Gasteiger partial charge is 0.459 e. The van der Waals surface area contributed by atoms with Crippen LogP contribution < -0.4 is 0 Å². The lowest BCUT2D eigenvalue weighted by Gasteiger charge is -2.62. The number of hydrogen-bond acceptors (Lipinski definition) is 4. The number of benzene rings is 1. The van der Waals surface area contributed by atoms with E-state index in [2.05, 4.69) is 34.6 Å². The molecule has 0 spiro atoms. The van der Waals surface area contributed by atoms with Gasteiger partial charge in [0.1, 0.15) is 6.10 Å². The fourth-order valence-electron chi connectivity index (χ4n) is 10.1. The van der Waals surface area contributed by atoms with E-state index in [1.165, 1.54) is 25.7 Å². The average molecular weight is 525 g/mol. The number of carbonyl (C=O) groups excluding carboxylic acids is 1. The Morgan fingerprint density at radius 1 is 0.921 bits per heavy atom. The van der Waals surface area contributed by atoms with Crippen molar-refractivity contribution in [3.63, 3.8) is 0 Å². The SMILES string of the molecule is CC(C)C(CC[C@@H](C)[C@H]1CC[C@H]2[C@@H]3[C@H](O)CC4C[C@@H](O)CC[C@]4(C)[C@H]3CC[C@]12C)OC(=O)c1ccccc1. The fraction of sp³-hybridized carbons (Fsp3) is 0.794. The van der Waals surface area contributed by atoms with E-state index in [4.69, 9.17) is 4.74 Å².